The zero-order valence-corrected chi connectivity index (χ0v) is 15.1. The highest BCUT2D eigenvalue weighted by Crippen LogP contribution is 2.38. The molecule has 0 radical (unpaired) electrons. The third kappa shape index (κ3) is 3.55. The molecule has 132 valence electrons. The molecule has 5 nitrogen and oxygen atoms in total. The Morgan fingerprint density at radius 2 is 2.08 bits per heavy atom. The van der Waals surface area contributed by atoms with Gasteiger partial charge in [0.1, 0.15) is 29.2 Å². The highest BCUT2D eigenvalue weighted by molar-refractivity contribution is 5.50. The lowest BCUT2D eigenvalue weighted by Crippen LogP contribution is -2.07. The highest BCUT2D eigenvalue weighted by Gasteiger charge is 2.27. The van der Waals surface area contributed by atoms with E-state index in [2.05, 4.69) is 34.3 Å². The van der Waals surface area contributed by atoms with Gasteiger partial charge >= 0.3 is 0 Å². The van der Waals surface area contributed by atoms with Gasteiger partial charge in [-0.15, -0.1) is 0 Å². The molecule has 1 unspecified atom stereocenters. The molecular weight excluding hydrogens is 314 g/mol. The van der Waals surface area contributed by atoms with Gasteiger partial charge in [0.25, 0.3) is 0 Å². The van der Waals surface area contributed by atoms with E-state index in [0.717, 1.165) is 40.8 Å². The standard InChI is InChI=1S/C20H25N3O2/c1-4-24-17-9-15-8-13(3)25-18(15)10-16(17)11-21-19-7-12(2)22-20(23-19)14-5-6-14/h7,9-10,13-14H,4-6,8,11H2,1-3H3,(H,21,22,23). The molecule has 1 fully saturated rings. The van der Waals surface area contributed by atoms with Crippen LogP contribution in [0.15, 0.2) is 18.2 Å². The summed E-state index contributed by atoms with van der Waals surface area (Å²) in [5.74, 6) is 4.31. The minimum Gasteiger partial charge on any atom is -0.494 e. The fraction of sp³-hybridized carbons (Fsp3) is 0.500. The SMILES string of the molecule is CCOc1cc2c(cc1CNc1cc(C)nc(C3CC3)n1)OC(C)C2. The first-order valence-electron chi connectivity index (χ1n) is 9.17. The largest absolute Gasteiger partial charge is 0.494 e. The summed E-state index contributed by atoms with van der Waals surface area (Å²) >= 11 is 0. The number of rotatable bonds is 6. The summed E-state index contributed by atoms with van der Waals surface area (Å²) in [4.78, 5) is 9.23. The molecule has 1 atom stereocenters. The molecule has 1 aromatic carbocycles. The molecular formula is C20H25N3O2. The summed E-state index contributed by atoms with van der Waals surface area (Å²) in [6, 6.07) is 6.23. The molecule has 25 heavy (non-hydrogen) atoms. The van der Waals surface area contributed by atoms with Crippen LogP contribution in [0.2, 0.25) is 0 Å². The average molecular weight is 339 g/mol. The van der Waals surface area contributed by atoms with Gasteiger partial charge in [-0.3, -0.25) is 0 Å². The second kappa shape index (κ2) is 6.54. The molecule has 1 saturated carbocycles. The topological polar surface area (TPSA) is 56.3 Å². The third-order valence-electron chi connectivity index (χ3n) is 4.65. The van der Waals surface area contributed by atoms with Crippen molar-refractivity contribution < 1.29 is 9.47 Å². The molecule has 1 N–H and O–H groups in total. The van der Waals surface area contributed by atoms with Crippen LogP contribution in [-0.4, -0.2) is 22.7 Å². The zero-order chi connectivity index (χ0) is 17.4. The smallest absolute Gasteiger partial charge is 0.134 e. The third-order valence-corrected chi connectivity index (χ3v) is 4.65. The lowest BCUT2D eigenvalue weighted by molar-refractivity contribution is 0.254. The number of nitrogens with zero attached hydrogens (tertiary/aromatic N) is 2. The van der Waals surface area contributed by atoms with Gasteiger partial charge in [0, 0.05) is 41.8 Å². The van der Waals surface area contributed by atoms with Crippen molar-refractivity contribution in [1.82, 2.24) is 9.97 Å². The van der Waals surface area contributed by atoms with E-state index in [1.54, 1.807) is 0 Å². The van der Waals surface area contributed by atoms with E-state index in [-0.39, 0.29) is 6.10 Å². The minimum atomic E-state index is 0.235. The number of anilines is 1. The van der Waals surface area contributed by atoms with E-state index < -0.39 is 0 Å². The van der Waals surface area contributed by atoms with Crippen LogP contribution in [-0.2, 0) is 13.0 Å². The van der Waals surface area contributed by atoms with Crippen LogP contribution in [0.4, 0.5) is 5.82 Å². The number of hydrogen-bond acceptors (Lipinski definition) is 5. The van der Waals surface area contributed by atoms with Crippen molar-refractivity contribution in [3.8, 4) is 11.5 Å². The van der Waals surface area contributed by atoms with E-state index in [9.17, 15) is 0 Å². The lowest BCUT2D eigenvalue weighted by atomic mass is 10.1. The van der Waals surface area contributed by atoms with Gasteiger partial charge in [-0.1, -0.05) is 0 Å². The molecule has 0 amide bonds. The maximum absolute atomic E-state index is 5.90. The fourth-order valence-corrected chi connectivity index (χ4v) is 3.30. The van der Waals surface area contributed by atoms with Crippen molar-refractivity contribution in [3.63, 3.8) is 0 Å². The van der Waals surface area contributed by atoms with Crippen LogP contribution in [0.1, 0.15) is 55.3 Å². The first-order valence-corrected chi connectivity index (χ1v) is 9.17. The first-order chi connectivity index (χ1) is 12.1. The van der Waals surface area contributed by atoms with Gasteiger partial charge in [0.2, 0.25) is 0 Å². The molecule has 2 aromatic rings. The summed E-state index contributed by atoms with van der Waals surface area (Å²) in [5, 5.41) is 3.44. The predicted octanol–water partition coefficient (Wildman–Crippen LogP) is 4.00. The summed E-state index contributed by atoms with van der Waals surface area (Å²) in [7, 11) is 0. The highest BCUT2D eigenvalue weighted by atomic mass is 16.5. The molecule has 0 bridgehead atoms. The molecule has 0 saturated heterocycles. The van der Waals surface area contributed by atoms with Crippen molar-refractivity contribution in [2.75, 3.05) is 11.9 Å². The van der Waals surface area contributed by atoms with Crippen LogP contribution in [0.3, 0.4) is 0 Å². The monoisotopic (exact) mass is 339 g/mol. The van der Waals surface area contributed by atoms with E-state index in [1.165, 1.54) is 18.4 Å². The van der Waals surface area contributed by atoms with Gasteiger partial charge in [-0.05, 0) is 45.7 Å². The van der Waals surface area contributed by atoms with Crippen LogP contribution in [0, 0.1) is 6.92 Å². The Morgan fingerprint density at radius 3 is 2.84 bits per heavy atom. The van der Waals surface area contributed by atoms with Gasteiger partial charge in [0.15, 0.2) is 0 Å². The van der Waals surface area contributed by atoms with E-state index in [1.807, 2.05) is 19.9 Å². The first kappa shape index (κ1) is 16.2. The van der Waals surface area contributed by atoms with Crippen LogP contribution in [0.25, 0.3) is 0 Å². The molecule has 2 aliphatic rings. The number of aromatic nitrogens is 2. The van der Waals surface area contributed by atoms with Gasteiger partial charge in [0.05, 0.1) is 6.61 Å². The lowest BCUT2D eigenvalue weighted by Gasteiger charge is -2.14. The maximum Gasteiger partial charge on any atom is 0.134 e. The summed E-state index contributed by atoms with van der Waals surface area (Å²) in [6.45, 7) is 7.44. The fourth-order valence-electron chi connectivity index (χ4n) is 3.30. The molecule has 1 aliphatic carbocycles. The Bertz CT molecular complexity index is 787. The summed E-state index contributed by atoms with van der Waals surface area (Å²) < 4.78 is 11.8. The average Bonchev–Trinajstić information content (AvgIpc) is 3.35. The van der Waals surface area contributed by atoms with Crippen molar-refractivity contribution in [3.05, 3.63) is 40.8 Å². The van der Waals surface area contributed by atoms with E-state index in [0.29, 0.717) is 19.1 Å². The minimum absolute atomic E-state index is 0.235. The molecule has 2 heterocycles. The van der Waals surface area contributed by atoms with Gasteiger partial charge in [-0.2, -0.15) is 0 Å². The maximum atomic E-state index is 5.90. The van der Waals surface area contributed by atoms with Gasteiger partial charge < -0.3 is 14.8 Å². The second-order valence-corrected chi connectivity index (χ2v) is 7.01. The van der Waals surface area contributed by atoms with Gasteiger partial charge in [-0.25, -0.2) is 9.97 Å². The Morgan fingerprint density at radius 1 is 1.24 bits per heavy atom. The molecule has 1 aromatic heterocycles. The van der Waals surface area contributed by atoms with Crippen molar-refractivity contribution in [2.24, 2.45) is 0 Å². The Kier molecular flexibility index (Phi) is 4.24. The van der Waals surface area contributed by atoms with Crippen LogP contribution >= 0.6 is 0 Å². The number of benzene rings is 1. The Hall–Kier alpha value is -2.30. The molecule has 4 rings (SSSR count). The number of hydrogen-bond donors (Lipinski definition) is 1. The summed E-state index contributed by atoms with van der Waals surface area (Å²) in [6.07, 6.45) is 3.59. The molecule has 1 aliphatic heterocycles. The van der Waals surface area contributed by atoms with Crippen molar-refractivity contribution in [2.45, 2.75) is 58.6 Å². The van der Waals surface area contributed by atoms with E-state index in [4.69, 9.17) is 9.47 Å². The predicted molar refractivity (Wildman–Crippen MR) is 97.5 cm³/mol. The Balaban J connectivity index is 1.55. The van der Waals surface area contributed by atoms with E-state index >= 15 is 0 Å². The quantitative estimate of drug-likeness (QED) is 0.862. The molecule has 5 heteroatoms. The zero-order valence-electron chi connectivity index (χ0n) is 15.1. The van der Waals surface area contributed by atoms with Crippen molar-refractivity contribution >= 4 is 5.82 Å². The number of fused-ring (bicyclic) bond motifs is 1. The number of nitrogens with one attached hydrogen (secondary N) is 1. The normalized spacial score (nSPS) is 18.6. The second-order valence-electron chi connectivity index (χ2n) is 7.01. The summed E-state index contributed by atoms with van der Waals surface area (Å²) in [5.41, 5.74) is 3.34. The van der Waals surface area contributed by atoms with Crippen LogP contribution < -0.4 is 14.8 Å². The Labute approximate surface area is 148 Å². The van der Waals surface area contributed by atoms with Crippen LogP contribution in [0.5, 0.6) is 11.5 Å². The number of ether oxygens (including phenoxy) is 2. The molecule has 0 spiro atoms. The van der Waals surface area contributed by atoms with Crippen molar-refractivity contribution in [1.29, 1.82) is 0 Å². The number of aryl methyl sites for hydroxylation is 1.